The van der Waals surface area contributed by atoms with Gasteiger partial charge in [-0.1, -0.05) is 71.2 Å². The van der Waals surface area contributed by atoms with E-state index in [1.54, 1.807) is 0 Å². The Morgan fingerprint density at radius 3 is 1.84 bits per heavy atom. The Labute approximate surface area is 119 Å². The van der Waals surface area contributed by atoms with Crippen molar-refractivity contribution in [2.75, 3.05) is 0 Å². The van der Waals surface area contributed by atoms with Crippen LogP contribution in [0.3, 0.4) is 0 Å². The van der Waals surface area contributed by atoms with Crippen molar-refractivity contribution in [3.63, 3.8) is 0 Å². The lowest BCUT2D eigenvalue weighted by atomic mass is 9.82. The molecule has 0 aliphatic heterocycles. The van der Waals surface area contributed by atoms with Crippen molar-refractivity contribution in [2.45, 2.75) is 40.5 Å². The molecular weight excluding hydrogens is 228 g/mol. The van der Waals surface area contributed by atoms with Crippen LogP contribution in [0.2, 0.25) is 0 Å². The van der Waals surface area contributed by atoms with Crippen LogP contribution < -0.4 is 0 Å². The third kappa shape index (κ3) is 5.06. The van der Waals surface area contributed by atoms with Gasteiger partial charge in [0, 0.05) is 0 Å². The molecule has 0 atom stereocenters. The first-order valence-electron chi connectivity index (χ1n) is 7.35. The van der Waals surface area contributed by atoms with Gasteiger partial charge < -0.3 is 0 Å². The molecule has 0 nitrogen and oxygen atoms in total. The van der Waals surface area contributed by atoms with Gasteiger partial charge in [-0.3, -0.25) is 0 Å². The second kappa shape index (κ2) is 7.33. The van der Waals surface area contributed by atoms with Crippen molar-refractivity contribution < 1.29 is 0 Å². The van der Waals surface area contributed by atoms with Crippen molar-refractivity contribution >= 4 is 11.6 Å². The van der Waals surface area contributed by atoms with Gasteiger partial charge in [-0.2, -0.15) is 0 Å². The van der Waals surface area contributed by atoms with Crippen molar-refractivity contribution in [3.8, 4) is 0 Å². The number of benzene rings is 1. The molecule has 0 aromatic heterocycles. The van der Waals surface area contributed by atoms with E-state index in [1.165, 1.54) is 29.5 Å². The van der Waals surface area contributed by atoms with Crippen LogP contribution >= 0.6 is 0 Å². The average molecular weight is 256 g/mol. The predicted octanol–water partition coefficient (Wildman–Crippen LogP) is 6.05. The lowest BCUT2D eigenvalue weighted by Crippen LogP contribution is -2.10. The van der Waals surface area contributed by atoms with Crippen LogP contribution in [0.15, 0.2) is 37.4 Å². The highest BCUT2D eigenvalue weighted by Gasteiger charge is 2.17. The fraction of sp³-hybridized carbons (Fsp3) is 0.474. The summed E-state index contributed by atoms with van der Waals surface area (Å²) in [6, 6.07) is 8.59. The zero-order chi connectivity index (χ0) is 14.4. The van der Waals surface area contributed by atoms with Crippen molar-refractivity contribution in [2.24, 2.45) is 17.8 Å². The van der Waals surface area contributed by atoms with Gasteiger partial charge in [-0.15, -0.1) is 0 Å². The largest absolute Gasteiger partial charge is 0.0985 e. The van der Waals surface area contributed by atoms with E-state index in [0.717, 1.165) is 0 Å². The Balaban J connectivity index is 2.87. The molecule has 0 aliphatic rings. The minimum atomic E-state index is 0.592. The Bertz CT molecular complexity index is 396. The number of allylic oxidation sites excluding steroid dienone is 1. The van der Waals surface area contributed by atoms with Gasteiger partial charge in [0.25, 0.3) is 0 Å². The van der Waals surface area contributed by atoms with Crippen LogP contribution in [-0.2, 0) is 0 Å². The maximum absolute atomic E-state index is 4.36. The van der Waals surface area contributed by atoms with Crippen LogP contribution in [0, 0.1) is 17.8 Å². The second-order valence-electron chi connectivity index (χ2n) is 6.31. The van der Waals surface area contributed by atoms with Crippen LogP contribution in [-0.4, -0.2) is 0 Å². The molecule has 0 saturated carbocycles. The monoisotopic (exact) mass is 256 g/mol. The first-order chi connectivity index (χ1) is 8.93. The maximum atomic E-state index is 4.36. The number of hydrogen-bond acceptors (Lipinski definition) is 0. The molecule has 19 heavy (non-hydrogen) atoms. The third-order valence-electron chi connectivity index (χ3n) is 3.52. The molecule has 0 fully saturated rings. The van der Waals surface area contributed by atoms with E-state index in [0.29, 0.717) is 17.8 Å². The summed E-state index contributed by atoms with van der Waals surface area (Å²) in [7, 11) is 0. The third-order valence-corrected chi connectivity index (χ3v) is 3.52. The quantitative estimate of drug-likeness (QED) is 0.557. The SMILES string of the molecule is C=Cc1ccc(C(=C)C(CC(C)C)CC(C)C)cc1. The van der Waals surface area contributed by atoms with Crippen molar-refractivity contribution in [3.05, 3.63) is 48.6 Å². The van der Waals surface area contributed by atoms with Crippen LogP contribution in [0.25, 0.3) is 11.6 Å². The van der Waals surface area contributed by atoms with Crippen LogP contribution in [0.4, 0.5) is 0 Å². The van der Waals surface area contributed by atoms with Gasteiger partial charge in [0.2, 0.25) is 0 Å². The van der Waals surface area contributed by atoms with Gasteiger partial charge in [0.05, 0.1) is 0 Å². The minimum Gasteiger partial charge on any atom is -0.0985 e. The molecular formula is C19H28. The van der Waals surface area contributed by atoms with E-state index < -0.39 is 0 Å². The summed E-state index contributed by atoms with van der Waals surface area (Å²) in [6.07, 6.45) is 4.33. The molecule has 1 aromatic rings. The van der Waals surface area contributed by atoms with E-state index in [4.69, 9.17) is 0 Å². The van der Waals surface area contributed by atoms with Crippen LogP contribution in [0.5, 0.6) is 0 Å². The molecule has 0 unspecified atom stereocenters. The summed E-state index contributed by atoms with van der Waals surface area (Å²) < 4.78 is 0. The highest BCUT2D eigenvalue weighted by Crippen LogP contribution is 2.32. The summed E-state index contributed by atoms with van der Waals surface area (Å²) in [5, 5.41) is 0. The Kier molecular flexibility index (Phi) is 6.08. The number of rotatable bonds is 7. The highest BCUT2D eigenvalue weighted by atomic mass is 14.2. The summed E-state index contributed by atoms with van der Waals surface area (Å²) >= 11 is 0. The van der Waals surface area contributed by atoms with E-state index in [1.807, 2.05) is 6.08 Å². The Morgan fingerprint density at radius 2 is 1.47 bits per heavy atom. The zero-order valence-electron chi connectivity index (χ0n) is 12.9. The summed E-state index contributed by atoms with van der Waals surface area (Å²) in [5.74, 6) is 2.02. The Hall–Kier alpha value is -1.30. The van der Waals surface area contributed by atoms with E-state index >= 15 is 0 Å². The van der Waals surface area contributed by atoms with Crippen molar-refractivity contribution in [1.29, 1.82) is 0 Å². The topological polar surface area (TPSA) is 0 Å². The van der Waals surface area contributed by atoms with Gasteiger partial charge >= 0.3 is 0 Å². The molecule has 0 spiro atoms. The molecule has 0 heteroatoms. The normalized spacial score (nSPS) is 11.3. The minimum absolute atomic E-state index is 0.592. The van der Waals surface area contributed by atoms with Crippen LogP contribution in [0.1, 0.15) is 51.7 Å². The summed E-state index contributed by atoms with van der Waals surface area (Å²) in [4.78, 5) is 0. The first kappa shape index (κ1) is 15.8. The highest BCUT2D eigenvalue weighted by molar-refractivity contribution is 5.66. The molecule has 1 aromatic carbocycles. The predicted molar refractivity (Wildman–Crippen MR) is 88.0 cm³/mol. The zero-order valence-corrected chi connectivity index (χ0v) is 12.9. The van der Waals surface area contributed by atoms with E-state index in [-0.39, 0.29) is 0 Å². The Morgan fingerprint density at radius 1 is 1.00 bits per heavy atom. The summed E-state index contributed by atoms with van der Waals surface area (Å²) in [6.45, 7) is 17.3. The number of hydrogen-bond donors (Lipinski definition) is 0. The lowest BCUT2D eigenvalue weighted by molar-refractivity contribution is 0.410. The average Bonchev–Trinajstić information content (AvgIpc) is 2.36. The molecule has 1 rings (SSSR count). The molecule has 0 bridgehead atoms. The molecule has 0 N–H and O–H groups in total. The molecule has 0 amide bonds. The van der Waals surface area contributed by atoms with Gasteiger partial charge in [0.15, 0.2) is 0 Å². The summed E-state index contributed by atoms with van der Waals surface area (Å²) in [5.41, 5.74) is 3.73. The molecule has 0 heterocycles. The van der Waals surface area contributed by atoms with Crippen molar-refractivity contribution in [1.82, 2.24) is 0 Å². The smallest absolute Gasteiger partial charge is 0.0157 e. The maximum Gasteiger partial charge on any atom is -0.0157 e. The van der Waals surface area contributed by atoms with E-state index in [2.05, 4.69) is 65.1 Å². The second-order valence-corrected chi connectivity index (χ2v) is 6.31. The van der Waals surface area contributed by atoms with Gasteiger partial charge in [0.1, 0.15) is 0 Å². The fourth-order valence-corrected chi connectivity index (χ4v) is 2.59. The molecule has 0 saturated heterocycles. The molecule has 0 radical (unpaired) electrons. The first-order valence-corrected chi connectivity index (χ1v) is 7.35. The molecule has 104 valence electrons. The standard InChI is InChI=1S/C19H28/c1-7-17-8-10-18(11-9-17)16(6)19(12-14(2)3)13-15(4)5/h7-11,14-15,19H,1,6,12-13H2,2-5H3. The van der Waals surface area contributed by atoms with E-state index in [9.17, 15) is 0 Å². The lowest BCUT2D eigenvalue weighted by Gasteiger charge is -2.23. The van der Waals surface area contributed by atoms with Gasteiger partial charge in [-0.05, 0) is 47.3 Å². The van der Waals surface area contributed by atoms with Gasteiger partial charge in [-0.25, -0.2) is 0 Å². The fourth-order valence-electron chi connectivity index (χ4n) is 2.59. The molecule has 0 aliphatic carbocycles.